The molecule has 0 aliphatic carbocycles. The highest BCUT2D eigenvalue weighted by atomic mass is 35.5. The molecule has 10 heavy (non-hydrogen) atoms. The summed E-state index contributed by atoms with van der Waals surface area (Å²) < 4.78 is 0. The summed E-state index contributed by atoms with van der Waals surface area (Å²) in [6.07, 6.45) is 0. The maximum absolute atomic E-state index is 9.92. The molecular weight excluding hydrogens is 175 g/mol. The van der Waals surface area contributed by atoms with Crippen molar-refractivity contribution in [3.63, 3.8) is 0 Å². The normalized spacial score (nSPS) is 7.60. The standard InChI is InChI=1S/C3H4Cl2O.C3H6O/c4-1-3(6)2-5;1-3(2)4/h1-2H2;1-2H3. The van der Waals surface area contributed by atoms with Crippen molar-refractivity contribution in [3.8, 4) is 0 Å². The topological polar surface area (TPSA) is 34.1 Å². The van der Waals surface area contributed by atoms with Gasteiger partial charge in [0.15, 0.2) is 5.78 Å². The zero-order valence-corrected chi connectivity index (χ0v) is 7.50. The number of hydrogen-bond acceptors (Lipinski definition) is 2. The fourth-order valence-electron chi connectivity index (χ4n) is 0.0357. The largest absolute Gasteiger partial charge is 0.300 e. The van der Waals surface area contributed by atoms with Gasteiger partial charge in [-0.25, -0.2) is 0 Å². The van der Waals surface area contributed by atoms with E-state index in [1.54, 1.807) is 0 Å². The predicted molar refractivity (Wildman–Crippen MR) is 42.8 cm³/mol. The predicted octanol–water partition coefficient (Wildman–Crippen LogP) is 1.63. The van der Waals surface area contributed by atoms with Gasteiger partial charge in [0, 0.05) is 0 Å². The summed E-state index contributed by atoms with van der Waals surface area (Å²) in [6.45, 7) is 3.06. The summed E-state index contributed by atoms with van der Waals surface area (Å²) in [4.78, 5) is 19.4. The van der Waals surface area contributed by atoms with Crippen LogP contribution < -0.4 is 0 Å². The second kappa shape index (κ2) is 8.92. The third-order valence-electron chi connectivity index (χ3n) is 0.298. The van der Waals surface area contributed by atoms with Crippen molar-refractivity contribution < 1.29 is 9.59 Å². The van der Waals surface area contributed by atoms with Crippen molar-refractivity contribution in [2.45, 2.75) is 13.8 Å². The van der Waals surface area contributed by atoms with Crippen LogP contribution >= 0.6 is 23.2 Å². The van der Waals surface area contributed by atoms with Gasteiger partial charge in [-0.1, -0.05) is 0 Å². The van der Waals surface area contributed by atoms with Gasteiger partial charge < -0.3 is 4.79 Å². The Morgan fingerprint density at radius 1 is 1.10 bits per heavy atom. The van der Waals surface area contributed by atoms with E-state index in [0.717, 1.165) is 0 Å². The van der Waals surface area contributed by atoms with Gasteiger partial charge in [-0.3, -0.25) is 4.79 Å². The van der Waals surface area contributed by atoms with Gasteiger partial charge >= 0.3 is 0 Å². The Morgan fingerprint density at radius 2 is 1.30 bits per heavy atom. The molecule has 0 heterocycles. The first-order valence-corrected chi connectivity index (χ1v) is 3.72. The van der Waals surface area contributed by atoms with Crippen LogP contribution in [0.5, 0.6) is 0 Å². The molecule has 0 N–H and O–H groups in total. The molecule has 0 aliphatic heterocycles. The molecule has 0 spiro atoms. The van der Waals surface area contributed by atoms with Crippen LogP contribution in [0.2, 0.25) is 0 Å². The SMILES string of the molecule is CC(C)=O.O=C(CCl)CCl. The molecule has 0 amide bonds. The zero-order valence-electron chi connectivity index (χ0n) is 5.99. The number of carbonyl (C=O) groups excluding carboxylic acids is 2. The first-order valence-electron chi connectivity index (χ1n) is 2.65. The maximum Gasteiger partial charge on any atom is 0.162 e. The van der Waals surface area contributed by atoms with E-state index in [9.17, 15) is 9.59 Å². The average Bonchev–Trinajstić information content (AvgIpc) is 1.85. The molecule has 60 valence electrons. The van der Waals surface area contributed by atoms with Crippen LogP contribution in [0.3, 0.4) is 0 Å². The summed E-state index contributed by atoms with van der Waals surface area (Å²) in [5.74, 6) is 0.103. The lowest BCUT2D eigenvalue weighted by molar-refractivity contribution is -0.115. The Morgan fingerprint density at radius 3 is 1.30 bits per heavy atom. The molecule has 0 bridgehead atoms. The molecule has 0 aromatic carbocycles. The van der Waals surface area contributed by atoms with E-state index in [-0.39, 0.29) is 23.3 Å². The minimum atomic E-state index is -0.127. The van der Waals surface area contributed by atoms with Crippen LogP contribution in [0.1, 0.15) is 13.8 Å². The fraction of sp³-hybridized carbons (Fsp3) is 0.667. The molecule has 0 aromatic rings. The van der Waals surface area contributed by atoms with Gasteiger partial charge in [0.25, 0.3) is 0 Å². The van der Waals surface area contributed by atoms with E-state index in [4.69, 9.17) is 23.2 Å². The molecule has 2 nitrogen and oxygen atoms in total. The highest BCUT2D eigenvalue weighted by Gasteiger charge is 1.90. The van der Waals surface area contributed by atoms with E-state index in [1.165, 1.54) is 13.8 Å². The van der Waals surface area contributed by atoms with Gasteiger partial charge in [0.1, 0.15) is 5.78 Å². The molecule has 0 atom stereocenters. The van der Waals surface area contributed by atoms with Crippen molar-refractivity contribution in [3.05, 3.63) is 0 Å². The Kier molecular flexibility index (Phi) is 11.2. The molecule has 0 rings (SSSR count). The number of Topliss-reactive ketones (excluding diaryl/α,β-unsaturated/α-hetero) is 2. The Labute approximate surface area is 70.5 Å². The van der Waals surface area contributed by atoms with E-state index in [2.05, 4.69) is 0 Å². The maximum atomic E-state index is 9.92. The summed E-state index contributed by atoms with van der Waals surface area (Å²) in [7, 11) is 0. The number of halogens is 2. The quantitative estimate of drug-likeness (QED) is 0.612. The van der Waals surface area contributed by atoms with Crippen LogP contribution in [0.25, 0.3) is 0 Å². The average molecular weight is 185 g/mol. The molecule has 4 heteroatoms. The minimum absolute atomic E-state index is 0.0312. The Bertz CT molecular complexity index is 102. The number of carbonyl (C=O) groups is 2. The van der Waals surface area contributed by atoms with Gasteiger partial charge in [0.05, 0.1) is 11.8 Å². The lowest BCUT2D eigenvalue weighted by Gasteiger charge is -1.77. The Hall–Kier alpha value is -0.0800. The van der Waals surface area contributed by atoms with Crippen LogP contribution in [-0.4, -0.2) is 23.3 Å². The third kappa shape index (κ3) is 24.7. The smallest absolute Gasteiger partial charge is 0.162 e. The van der Waals surface area contributed by atoms with E-state index < -0.39 is 0 Å². The zero-order chi connectivity index (χ0) is 8.57. The van der Waals surface area contributed by atoms with E-state index in [1.807, 2.05) is 0 Å². The molecule has 0 saturated heterocycles. The number of rotatable bonds is 2. The van der Waals surface area contributed by atoms with Crippen LogP contribution in [0, 0.1) is 0 Å². The van der Waals surface area contributed by atoms with Gasteiger partial charge in [-0.2, -0.15) is 0 Å². The lowest BCUT2D eigenvalue weighted by Crippen LogP contribution is -1.98. The number of hydrogen-bond donors (Lipinski definition) is 0. The molecule has 0 radical (unpaired) electrons. The van der Waals surface area contributed by atoms with Crippen LogP contribution in [0.15, 0.2) is 0 Å². The molecule has 0 aromatic heterocycles. The van der Waals surface area contributed by atoms with Crippen LogP contribution in [0.4, 0.5) is 0 Å². The number of alkyl halides is 2. The molecular formula is C6H10Cl2O2. The fourth-order valence-corrected chi connectivity index (χ4v) is 0.321. The van der Waals surface area contributed by atoms with Crippen molar-refractivity contribution in [2.75, 3.05) is 11.8 Å². The highest BCUT2D eigenvalue weighted by molar-refractivity contribution is 6.35. The Balaban J connectivity index is 0. The second-order valence-corrected chi connectivity index (χ2v) is 2.25. The van der Waals surface area contributed by atoms with E-state index >= 15 is 0 Å². The van der Waals surface area contributed by atoms with Gasteiger partial charge in [-0.15, -0.1) is 23.2 Å². The summed E-state index contributed by atoms with van der Waals surface area (Å²) in [5.41, 5.74) is 0. The number of ketones is 2. The summed E-state index contributed by atoms with van der Waals surface area (Å²) in [5, 5.41) is 0. The molecule has 0 unspecified atom stereocenters. The molecule has 0 fully saturated rings. The van der Waals surface area contributed by atoms with Gasteiger partial charge in [-0.05, 0) is 13.8 Å². The molecule has 0 aliphatic rings. The van der Waals surface area contributed by atoms with E-state index in [0.29, 0.717) is 0 Å². The monoisotopic (exact) mass is 184 g/mol. The summed E-state index contributed by atoms with van der Waals surface area (Å²) >= 11 is 10.0. The van der Waals surface area contributed by atoms with Crippen LogP contribution in [-0.2, 0) is 9.59 Å². The van der Waals surface area contributed by atoms with Gasteiger partial charge in [0.2, 0.25) is 0 Å². The highest BCUT2D eigenvalue weighted by Crippen LogP contribution is 1.80. The van der Waals surface area contributed by atoms with Crippen molar-refractivity contribution in [1.82, 2.24) is 0 Å². The van der Waals surface area contributed by atoms with Crippen molar-refractivity contribution in [1.29, 1.82) is 0 Å². The summed E-state index contributed by atoms with van der Waals surface area (Å²) in [6, 6.07) is 0. The first-order chi connectivity index (χ1) is 4.54. The third-order valence-corrected chi connectivity index (χ3v) is 0.894. The molecule has 0 saturated carbocycles. The van der Waals surface area contributed by atoms with Crippen molar-refractivity contribution in [2.24, 2.45) is 0 Å². The lowest BCUT2D eigenvalue weighted by atomic mass is 10.5. The minimum Gasteiger partial charge on any atom is -0.300 e. The second-order valence-electron chi connectivity index (χ2n) is 1.71. The first kappa shape index (κ1) is 12.6. The van der Waals surface area contributed by atoms with Crippen molar-refractivity contribution >= 4 is 34.8 Å².